The lowest BCUT2D eigenvalue weighted by atomic mass is 10.1. The van der Waals surface area contributed by atoms with Crippen LogP contribution in [0.5, 0.6) is 0 Å². The van der Waals surface area contributed by atoms with E-state index in [0.717, 1.165) is 66.0 Å². The minimum atomic E-state index is -0.0991. The van der Waals surface area contributed by atoms with Gasteiger partial charge in [0.1, 0.15) is 5.82 Å². The smallest absolute Gasteiger partial charge is 0.314 e. The fourth-order valence-corrected chi connectivity index (χ4v) is 3.56. The van der Waals surface area contributed by atoms with Crippen LogP contribution in [0.2, 0.25) is 5.02 Å². The van der Waals surface area contributed by atoms with E-state index in [1.807, 2.05) is 30.3 Å². The monoisotopic (exact) mass is 492 g/mol. The van der Waals surface area contributed by atoms with Gasteiger partial charge in [0.25, 0.3) is 0 Å². The summed E-state index contributed by atoms with van der Waals surface area (Å²) in [6, 6.07) is 9.50. The third-order valence-electron chi connectivity index (χ3n) is 4.59. The number of nitrogens with zero attached hydrogens (tertiary/aromatic N) is 3. The topological polar surface area (TPSA) is 83.4 Å². The predicted molar refractivity (Wildman–Crippen MR) is 125 cm³/mol. The number of unbranched alkanes of at least 4 members (excludes halogenated alkanes) is 2. The highest BCUT2D eigenvalue weighted by molar-refractivity contribution is 9.10. The molecule has 3 N–H and O–H groups in total. The van der Waals surface area contributed by atoms with Crippen molar-refractivity contribution in [3.8, 4) is 11.3 Å². The van der Waals surface area contributed by atoms with Crippen LogP contribution in [0, 0.1) is 0 Å². The van der Waals surface area contributed by atoms with E-state index in [1.165, 1.54) is 0 Å². The van der Waals surface area contributed by atoms with Crippen molar-refractivity contribution in [3.05, 3.63) is 46.0 Å². The molecule has 0 fully saturated rings. The van der Waals surface area contributed by atoms with Crippen LogP contribution in [-0.4, -0.2) is 40.3 Å². The molecule has 0 atom stereocenters. The number of nitrogens with one attached hydrogen (secondary N) is 3. The maximum atomic E-state index is 11.6. The maximum absolute atomic E-state index is 11.6. The van der Waals surface area contributed by atoms with E-state index in [1.54, 1.807) is 10.7 Å². The number of fused-ring (bicyclic) bond motifs is 1. The molecule has 7 nitrogen and oxygen atoms in total. The second-order valence-corrected chi connectivity index (χ2v) is 8.17. The average molecular weight is 494 g/mol. The van der Waals surface area contributed by atoms with Crippen molar-refractivity contribution in [1.29, 1.82) is 0 Å². The van der Waals surface area contributed by atoms with Gasteiger partial charge in [-0.15, -0.1) is 0 Å². The molecule has 0 radical (unpaired) electrons. The molecule has 160 valence electrons. The molecule has 2 aromatic heterocycles. The standard InChI is InChI=1S/C21H26BrClN6O/c1-2-3-10-25-21(30)26-12-7-6-11-24-19-13-18(15-8-4-5-9-17(15)23)28-20-16(22)14-27-29(19)20/h4-5,8-9,13-14,24H,2-3,6-7,10-12H2,1H3,(H2,25,26,30). The van der Waals surface area contributed by atoms with Crippen molar-refractivity contribution in [1.82, 2.24) is 25.2 Å². The fourth-order valence-electron chi connectivity index (χ4n) is 2.98. The van der Waals surface area contributed by atoms with Crippen molar-refractivity contribution >= 4 is 45.0 Å². The van der Waals surface area contributed by atoms with Crippen molar-refractivity contribution in [2.75, 3.05) is 25.0 Å². The van der Waals surface area contributed by atoms with Gasteiger partial charge < -0.3 is 16.0 Å². The Kier molecular flexibility index (Phi) is 8.33. The van der Waals surface area contributed by atoms with Gasteiger partial charge in [-0.25, -0.2) is 9.78 Å². The number of carbonyl (C=O) groups is 1. The van der Waals surface area contributed by atoms with Crippen molar-refractivity contribution < 1.29 is 4.79 Å². The van der Waals surface area contributed by atoms with E-state index in [9.17, 15) is 4.79 Å². The summed E-state index contributed by atoms with van der Waals surface area (Å²) in [6.07, 6.45) is 5.58. The van der Waals surface area contributed by atoms with E-state index in [2.05, 4.69) is 43.9 Å². The molecule has 0 aliphatic carbocycles. The first-order valence-corrected chi connectivity index (χ1v) is 11.3. The van der Waals surface area contributed by atoms with Gasteiger partial charge in [0.15, 0.2) is 5.65 Å². The minimum absolute atomic E-state index is 0.0991. The molecule has 0 saturated heterocycles. The Morgan fingerprint density at radius 3 is 2.63 bits per heavy atom. The van der Waals surface area contributed by atoms with Gasteiger partial charge in [-0.2, -0.15) is 9.61 Å². The van der Waals surface area contributed by atoms with Gasteiger partial charge >= 0.3 is 6.03 Å². The lowest BCUT2D eigenvalue weighted by Gasteiger charge is -2.12. The molecular weight excluding hydrogens is 468 g/mol. The third kappa shape index (κ3) is 5.86. The summed E-state index contributed by atoms with van der Waals surface area (Å²) in [5.41, 5.74) is 2.37. The van der Waals surface area contributed by atoms with Crippen LogP contribution in [0.15, 0.2) is 41.0 Å². The molecule has 2 amide bonds. The molecule has 0 aliphatic heterocycles. The predicted octanol–water partition coefficient (Wildman–Crippen LogP) is 5.10. The first-order chi connectivity index (χ1) is 14.6. The number of benzene rings is 1. The van der Waals surface area contributed by atoms with Gasteiger partial charge in [-0.3, -0.25) is 0 Å². The van der Waals surface area contributed by atoms with Crippen molar-refractivity contribution in [3.63, 3.8) is 0 Å². The highest BCUT2D eigenvalue weighted by Gasteiger charge is 2.13. The summed E-state index contributed by atoms with van der Waals surface area (Å²) in [5.74, 6) is 0.839. The number of carbonyl (C=O) groups excluding carboxylic acids is 1. The van der Waals surface area contributed by atoms with Crippen LogP contribution in [0.1, 0.15) is 32.6 Å². The molecule has 3 aromatic rings. The van der Waals surface area contributed by atoms with Crippen LogP contribution in [0.25, 0.3) is 16.9 Å². The minimum Gasteiger partial charge on any atom is -0.370 e. The van der Waals surface area contributed by atoms with Gasteiger partial charge in [0, 0.05) is 36.3 Å². The zero-order valence-electron chi connectivity index (χ0n) is 16.9. The summed E-state index contributed by atoms with van der Waals surface area (Å²) in [7, 11) is 0. The van der Waals surface area contributed by atoms with Gasteiger partial charge in [0.2, 0.25) is 0 Å². The van der Waals surface area contributed by atoms with E-state index in [0.29, 0.717) is 11.6 Å². The molecule has 2 heterocycles. The molecule has 30 heavy (non-hydrogen) atoms. The van der Waals surface area contributed by atoms with E-state index >= 15 is 0 Å². The Labute approximate surface area is 189 Å². The van der Waals surface area contributed by atoms with Gasteiger partial charge in [-0.1, -0.05) is 43.1 Å². The number of amides is 2. The number of aromatic nitrogens is 3. The molecule has 0 unspecified atom stereocenters. The zero-order chi connectivity index (χ0) is 21.3. The van der Waals surface area contributed by atoms with E-state index in [4.69, 9.17) is 16.6 Å². The normalized spacial score (nSPS) is 10.9. The Morgan fingerprint density at radius 2 is 1.87 bits per heavy atom. The summed E-state index contributed by atoms with van der Waals surface area (Å²) in [6.45, 7) is 4.21. The van der Waals surface area contributed by atoms with Crippen molar-refractivity contribution in [2.24, 2.45) is 0 Å². The lowest BCUT2D eigenvalue weighted by molar-refractivity contribution is 0.240. The quantitative estimate of drug-likeness (QED) is 0.343. The average Bonchev–Trinajstić information content (AvgIpc) is 3.12. The second-order valence-electron chi connectivity index (χ2n) is 6.90. The number of anilines is 1. The van der Waals surface area contributed by atoms with Crippen LogP contribution >= 0.6 is 27.5 Å². The number of urea groups is 1. The first kappa shape index (κ1) is 22.4. The van der Waals surface area contributed by atoms with E-state index in [-0.39, 0.29) is 6.03 Å². The largest absolute Gasteiger partial charge is 0.370 e. The van der Waals surface area contributed by atoms with Crippen molar-refractivity contribution in [2.45, 2.75) is 32.6 Å². The van der Waals surface area contributed by atoms with Gasteiger partial charge in [0.05, 0.1) is 16.4 Å². The Bertz CT molecular complexity index is 993. The number of rotatable bonds is 10. The summed E-state index contributed by atoms with van der Waals surface area (Å²) < 4.78 is 2.59. The Balaban J connectivity index is 1.58. The number of hydrogen-bond acceptors (Lipinski definition) is 4. The fraction of sp³-hybridized carbons (Fsp3) is 0.381. The highest BCUT2D eigenvalue weighted by atomic mass is 79.9. The summed E-state index contributed by atoms with van der Waals surface area (Å²) in [5, 5.41) is 14.2. The van der Waals surface area contributed by atoms with Crippen LogP contribution in [0.3, 0.4) is 0 Å². The number of hydrogen-bond donors (Lipinski definition) is 3. The lowest BCUT2D eigenvalue weighted by Crippen LogP contribution is -2.36. The molecule has 0 saturated carbocycles. The zero-order valence-corrected chi connectivity index (χ0v) is 19.3. The molecule has 0 spiro atoms. The molecule has 1 aromatic carbocycles. The van der Waals surface area contributed by atoms with Crippen LogP contribution < -0.4 is 16.0 Å². The third-order valence-corrected chi connectivity index (χ3v) is 5.48. The van der Waals surface area contributed by atoms with Gasteiger partial charge in [-0.05, 0) is 41.3 Å². The SMILES string of the molecule is CCCCNC(=O)NCCCCNc1cc(-c2ccccc2Cl)nc2c(Br)cnn12. The molecule has 9 heteroatoms. The van der Waals surface area contributed by atoms with E-state index < -0.39 is 0 Å². The van der Waals surface area contributed by atoms with Crippen LogP contribution in [-0.2, 0) is 0 Å². The number of halogens is 2. The molecule has 0 bridgehead atoms. The maximum Gasteiger partial charge on any atom is 0.314 e. The molecule has 3 rings (SSSR count). The summed E-state index contributed by atoms with van der Waals surface area (Å²) in [4.78, 5) is 16.4. The Hall–Kier alpha value is -2.32. The highest BCUT2D eigenvalue weighted by Crippen LogP contribution is 2.30. The summed E-state index contributed by atoms with van der Waals surface area (Å²) >= 11 is 9.88. The first-order valence-electron chi connectivity index (χ1n) is 10.1. The second kappa shape index (κ2) is 11.2. The Morgan fingerprint density at radius 1 is 1.13 bits per heavy atom. The molecule has 0 aliphatic rings. The van der Waals surface area contributed by atoms with Crippen LogP contribution in [0.4, 0.5) is 10.6 Å². The molecular formula is C21H26BrClN6O.